The molecule has 0 aliphatic rings. The number of carboxylic acid groups (broad SMARTS) is 1. The number of anilines is 1. The Kier molecular flexibility index (Phi) is 9.69. The smallest absolute Gasteiger partial charge is 0.325 e. The number of nitrogens with zero attached hydrogens (tertiary/aromatic N) is 2. The molecule has 32 heavy (non-hydrogen) atoms. The third-order valence-corrected chi connectivity index (χ3v) is 4.99. The summed E-state index contributed by atoms with van der Waals surface area (Å²) in [5.74, 6) is -2.05. The van der Waals surface area contributed by atoms with Crippen LogP contribution in [-0.4, -0.2) is 60.2 Å². The standard InChI is InChI=1S/C24H31N3O5/c1-4-32-24(31)21(16-15-19-11-7-5-8-12-19)25-18(2)23(30)27(17-22(28)29)26(3)20-13-9-6-10-14-20/h5-14,18,21,25H,4,15-17H2,1-3H3,(H,28,29)/t18-,21-/m0/s1. The van der Waals surface area contributed by atoms with Crippen molar-refractivity contribution in [1.82, 2.24) is 10.3 Å². The van der Waals surface area contributed by atoms with Crippen molar-refractivity contribution < 1.29 is 24.2 Å². The Morgan fingerprint density at radius 2 is 1.62 bits per heavy atom. The minimum atomic E-state index is -1.14. The molecular formula is C24H31N3O5. The molecule has 2 aromatic rings. The highest BCUT2D eigenvalue weighted by Crippen LogP contribution is 2.15. The molecule has 8 heteroatoms. The number of carbonyl (C=O) groups is 3. The highest BCUT2D eigenvalue weighted by Gasteiger charge is 2.30. The van der Waals surface area contributed by atoms with Crippen LogP contribution < -0.4 is 10.3 Å². The molecule has 0 heterocycles. The van der Waals surface area contributed by atoms with Crippen molar-refractivity contribution in [3.05, 3.63) is 66.2 Å². The molecule has 0 spiro atoms. The van der Waals surface area contributed by atoms with Crippen molar-refractivity contribution in [3.8, 4) is 0 Å². The lowest BCUT2D eigenvalue weighted by Crippen LogP contribution is -2.56. The lowest BCUT2D eigenvalue weighted by atomic mass is 10.0. The van der Waals surface area contributed by atoms with Crippen LogP contribution in [0.25, 0.3) is 0 Å². The molecule has 2 N–H and O–H groups in total. The molecule has 172 valence electrons. The zero-order valence-corrected chi connectivity index (χ0v) is 18.7. The summed E-state index contributed by atoms with van der Waals surface area (Å²) in [6, 6.07) is 17.2. The largest absolute Gasteiger partial charge is 0.480 e. The first-order valence-corrected chi connectivity index (χ1v) is 10.6. The molecular weight excluding hydrogens is 410 g/mol. The number of carbonyl (C=O) groups excluding carboxylic acids is 2. The molecule has 0 bridgehead atoms. The zero-order chi connectivity index (χ0) is 23.5. The summed E-state index contributed by atoms with van der Waals surface area (Å²) >= 11 is 0. The van der Waals surface area contributed by atoms with Crippen molar-refractivity contribution >= 4 is 23.5 Å². The number of para-hydroxylation sites is 1. The van der Waals surface area contributed by atoms with Crippen LogP contribution in [0.2, 0.25) is 0 Å². The second-order valence-corrected chi connectivity index (χ2v) is 7.37. The normalized spacial score (nSPS) is 12.5. The topological polar surface area (TPSA) is 99.2 Å². The molecule has 0 aliphatic heterocycles. The van der Waals surface area contributed by atoms with Gasteiger partial charge in [0.05, 0.1) is 18.3 Å². The quantitative estimate of drug-likeness (QED) is 0.386. The number of esters is 1. The van der Waals surface area contributed by atoms with Crippen molar-refractivity contribution in [3.63, 3.8) is 0 Å². The molecule has 2 atom stereocenters. The van der Waals surface area contributed by atoms with Gasteiger partial charge in [-0.2, -0.15) is 0 Å². The van der Waals surface area contributed by atoms with E-state index in [2.05, 4.69) is 5.32 Å². The molecule has 2 rings (SSSR count). The molecule has 0 radical (unpaired) electrons. The van der Waals surface area contributed by atoms with E-state index in [4.69, 9.17) is 4.74 Å². The Balaban J connectivity index is 2.14. The lowest BCUT2D eigenvalue weighted by molar-refractivity contribution is -0.148. The fourth-order valence-corrected chi connectivity index (χ4v) is 3.31. The first kappa shape index (κ1) is 24.9. The highest BCUT2D eigenvalue weighted by atomic mass is 16.5. The predicted molar refractivity (Wildman–Crippen MR) is 122 cm³/mol. The van der Waals surface area contributed by atoms with Gasteiger partial charge in [0.2, 0.25) is 0 Å². The first-order chi connectivity index (χ1) is 15.3. The van der Waals surface area contributed by atoms with E-state index in [1.807, 2.05) is 36.4 Å². The van der Waals surface area contributed by atoms with Gasteiger partial charge in [-0.15, -0.1) is 0 Å². The summed E-state index contributed by atoms with van der Waals surface area (Å²) in [6.07, 6.45) is 1.06. The fourth-order valence-electron chi connectivity index (χ4n) is 3.31. The minimum Gasteiger partial charge on any atom is -0.480 e. The van der Waals surface area contributed by atoms with Gasteiger partial charge in [-0.25, -0.2) is 5.01 Å². The predicted octanol–water partition coefficient (Wildman–Crippen LogP) is 2.49. The summed E-state index contributed by atoms with van der Waals surface area (Å²) in [6.45, 7) is 3.06. The number of aliphatic carboxylic acids is 1. The number of benzene rings is 2. The monoisotopic (exact) mass is 441 g/mol. The van der Waals surface area contributed by atoms with E-state index in [9.17, 15) is 19.5 Å². The van der Waals surface area contributed by atoms with Gasteiger partial charge in [0.1, 0.15) is 12.6 Å². The number of hydrazine groups is 1. The minimum absolute atomic E-state index is 0.229. The van der Waals surface area contributed by atoms with E-state index in [1.165, 1.54) is 5.01 Å². The van der Waals surface area contributed by atoms with E-state index in [0.29, 0.717) is 18.5 Å². The third-order valence-electron chi connectivity index (χ3n) is 4.99. The van der Waals surface area contributed by atoms with Crippen molar-refractivity contribution in [2.75, 3.05) is 25.2 Å². The number of carboxylic acids is 1. The summed E-state index contributed by atoms with van der Waals surface area (Å²) in [4.78, 5) is 37.1. The average molecular weight is 442 g/mol. The molecule has 1 amide bonds. The van der Waals surface area contributed by atoms with Gasteiger partial charge < -0.3 is 9.84 Å². The number of amides is 1. The number of hydrogen-bond acceptors (Lipinski definition) is 6. The molecule has 0 saturated heterocycles. The number of rotatable bonds is 12. The number of nitrogens with one attached hydrogen (secondary N) is 1. The van der Waals surface area contributed by atoms with Gasteiger partial charge in [0.25, 0.3) is 5.91 Å². The van der Waals surface area contributed by atoms with Crippen molar-refractivity contribution in [1.29, 1.82) is 0 Å². The maximum absolute atomic E-state index is 13.2. The van der Waals surface area contributed by atoms with Crippen LogP contribution in [-0.2, 0) is 25.5 Å². The summed E-state index contributed by atoms with van der Waals surface area (Å²) < 4.78 is 5.18. The SMILES string of the molecule is CCOC(=O)[C@H](CCc1ccccc1)N[C@@H](C)C(=O)N(CC(=O)O)N(C)c1ccccc1. The summed E-state index contributed by atoms with van der Waals surface area (Å²) in [7, 11) is 1.63. The fraction of sp³-hybridized carbons (Fsp3) is 0.375. The summed E-state index contributed by atoms with van der Waals surface area (Å²) in [5.41, 5.74) is 1.74. The van der Waals surface area contributed by atoms with Crippen molar-refractivity contribution in [2.45, 2.75) is 38.8 Å². The molecule has 0 unspecified atom stereocenters. The van der Waals surface area contributed by atoms with Crippen LogP contribution in [0.4, 0.5) is 5.69 Å². The van der Waals surface area contributed by atoms with E-state index >= 15 is 0 Å². The Labute approximate surface area is 188 Å². The Morgan fingerprint density at radius 1 is 1.03 bits per heavy atom. The van der Waals surface area contributed by atoms with Gasteiger partial charge in [-0.05, 0) is 44.4 Å². The highest BCUT2D eigenvalue weighted by molar-refractivity contribution is 5.87. The van der Waals surface area contributed by atoms with E-state index in [1.54, 1.807) is 45.2 Å². The Bertz CT molecular complexity index is 876. The maximum atomic E-state index is 13.2. The maximum Gasteiger partial charge on any atom is 0.325 e. The van der Waals surface area contributed by atoms with Crippen molar-refractivity contribution in [2.24, 2.45) is 0 Å². The van der Waals surface area contributed by atoms with E-state index in [0.717, 1.165) is 10.6 Å². The van der Waals surface area contributed by atoms with Gasteiger partial charge in [-0.3, -0.25) is 24.7 Å². The Hall–Kier alpha value is -3.39. The van der Waals surface area contributed by atoms with Crippen LogP contribution in [0.1, 0.15) is 25.8 Å². The Morgan fingerprint density at radius 3 is 2.19 bits per heavy atom. The van der Waals surface area contributed by atoms with Crippen LogP contribution in [0.3, 0.4) is 0 Å². The first-order valence-electron chi connectivity index (χ1n) is 10.6. The second kappa shape index (κ2) is 12.5. The van der Waals surface area contributed by atoms with Gasteiger partial charge >= 0.3 is 11.9 Å². The number of ether oxygens (including phenoxy) is 1. The van der Waals surface area contributed by atoms with Gasteiger partial charge in [0, 0.05) is 7.05 Å². The third kappa shape index (κ3) is 7.39. The molecule has 0 fully saturated rings. The molecule has 2 aromatic carbocycles. The molecule has 0 aromatic heterocycles. The van der Waals surface area contributed by atoms with E-state index in [-0.39, 0.29) is 6.61 Å². The van der Waals surface area contributed by atoms with Crippen LogP contribution >= 0.6 is 0 Å². The van der Waals surface area contributed by atoms with Crippen LogP contribution in [0.5, 0.6) is 0 Å². The average Bonchev–Trinajstić information content (AvgIpc) is 2.80. The van der Waals surface area contributed by atoms with Crippen LogP contribution in [0.15, 0.2) is 60.7 Å². The molecule has 0 aliphatic carbocycles. The number of hydrogen-bond donors (Lipinski definition) is 2. The van der Waals surface area contributed by atoms with Gasteiger partial charge in [-0.1, -0.05) is 48.5 Å². The number of aryl methyl sites for hydroxylation is 1. The van der Waals surface area contributed by atoms with E-state index < -0.39 is 36.5 Å². The zero-order valence-electron chi connectivity index (χ0n) is 18.7. The van der Waals surface area contributed by atoms with Gasteiger partial charge in [0.15, 0.2) is 0 Å². The lowest BCUT2D eigenvalue weighted by Gasteiger charge is -2.35. The second-order valence-electron chi connectivity index (χ2n) is 7.37. The van der Waals surface area contributed by atoms with Crippen LogP contribution in [0, 0.1) is 0 Å². The molecule has 8 nitrogen and oxygen atoms in total. The molecule has 0 saturated carbocycles. The summed E-state index contributed by atoms with van der Waals surface area (Å²) in [5, 5.41) is 15.0.